The van der Waals surface area contributed by atoms with E-state index in [1.165, 1.54) is 25.3 Å². The van der Waals surface area contributed by atoms with Crippen LogP contribution in [0.2, 0.25) is 0 Å². The van der Waals surface area contributed by atoms with Crippen molar-refractivity contribution in [1.29, 1.82) is 5.26 Å². The molecule has 19 heavy (non-hydrogen) atoms. The van der Waals surface area contributed by atoms with E-state index >= 15 is 0 Å². The van der Waals surface area contributed by atoms with Crippen molar-refractivity contribution in [1.82, 2.24) is 0 Å². The molecule has 0 radical (unpaired) electrons. The molecule has 0 amide bonds. The van der Waals surface area contributed by atoms with Crippen LogP contribution in [-0.2, 0) is 11.3 Å². The number of unbranched alkanes of at least 4 members (excludes halogenated alkanes) is 1. The van der Waals surface area contributed by atoms with Crippen LogP contribution in [0.1, 0.15) is 50.7 Å². The molecule has 0 aliphatic heterocycles. The number of nitrogens with zero attached hydrogens (tertiary/aromatic N) is 1. The van der Waals surface area contributed by atoms with Crippen LogP contribution in [0.25, 0.3) is 0 Å². The molecule has 0 aliphatic rings. The van der Waals surface area contributed by atoms with Gasteiger partial charge in [-0.25, -0.2) is 4.39 Å². The third-order valence-electron chi connectivity index (χ3n) is 3.34. The molecule has 1 aromatic carbocycles. The summed E-state index contributed by atoms with van der Waals surface area (Å²) in [6, 6.07) is 6.42. The molecule has 2 nitrogen and oxygen atoms in total. The van der Waals surface area contributed by atoms with Gasteiger partial charge in [-0.3, -0.25) is 0 Å². The summed E-state index contributed by atoms with van der Waals surface area (Å²) >= 11 is 0. The molecule has 1 unspecified atom stereocenters. The van der Waals surface area contributed by atoms with Gasteiger partial charge in [0.25, 0.3) is 0 Å². The number of benzene rings is 1. The zero-order valence-electron chi connectivity index (χ0n) is 11.8. The van der Waals surface area contributed by atoms with Gasteiger partial charge in [0.05, 0.1) is 18.2 Å². The van der Waals surface area contributed by atoms with Gasteiger partial charge in [0.1, 0.15) is 5.82 Å². The lowest BCUT2D eigenvalue weighted by Crippen LogP contribution is -2.09. The van der Waals surface area contributed by atoms with E-state index in [1.807, 2.05) is 6.07 Å². The van der Waals surface area contributed by atoms with E-state index in [-0.39, 0.29) is 12.4 Å². The van der Waals surface area contributed by atoms with Crippen LogP contribution in [-0.4, -0.2) is 6.61 Å². The van der Waals surface area contributed by atoms with Gasteiger partial charge in [-0.15, -0.1) is 0 Å². The maximum atomic E-state index is 13.6. The summed E-state index contributed by atoms with van der Waals surface area (Å²) in [7, 11) is 0. The zero-order chi connectivity index (χ0) is 14.1. The number of ether oxygens (including phenoxy) is 1. The molecule has 1 rings (SSSR count). The fourth-order valence-electron chi connectivity index (χ4n) is 1.97. The number of halogens is 1. The minimum absolute atomic E-state index is 0.278. The van der Waals surface area contributed by atoms with Crippen LogP contribution >= 0.6 is 0 Å². The van der Waals surface area contributed by atoms with E-state index in [0.29, 0.717) is 23.7 Å². The Hall–Kier alpha value is -1.40. The molecule has 0 N–H and O–H groups in total. The summed E-state index contributed by atoms with van der Waals surface area (Å²) in [5.74, 6) is 0.196. The lowest BCUT2D eigenvalue weighted by atomic mass is 10.0. The second-order valence-corrected chi connectivity index (χ2v) is 4.85. The molecule has 0 saturated carbocycles. The Morgan fingerprint density at radius 2 is 2.16 bits per heavy atom. The van der Waals surface area contributed by atoms with E-state index in [1.54, 1.807) is 12.1 Å². The fraction of sp³-hybridized carbons (Fsp3) is 0.562. The number of nitriles is 1. The summed E-state index contributed by atoms with van der Waals surface area (Å²) in [6.07, 6.45) is 4.67. The first-order valence-electron chi connectivity index (χ1n) is 6.97. The molecular formula is C16H22FNO. The predicted octanol–water partition coefficient (Wildman–Crippen LogP) is 4.43. The standard InChI is InChI=1S/C16H22FNO/c1-3-5-6-13(4-2)11-19-12-15-8-7-14(10-18)9-16(15)17/h7-9,13H,3-6,11-12H2,1-2H3. The lowest BCUT2D eigenvalue weighted by Gasteiger charge is -2.14. The fourth-order valence-corrected chi connectivity index (χ4v) is 1.97. The molecule has 1 aromatic rings. The van der Waals surface area contributed by atoms with Crippen LogP contribution < -0.4 is 0 Å². The highest BCUT2D eigenvalue weighted by Crippen LogP contribution is 2.15. The van der Waals surface area contributed by atoms with Gasteiger partial charge in [0.15, 0.2) is 0 Å². The van der Waals surface area contributed by atoms with Crippen LogP contribution in [0.4, 0.5) is 4.39 Å². The summed E-state index contributed by atoms with van der Waals surface area (Å²) in [5.41, 5.74) is 0.861. The SMILES string of the molecule is CCCCC(CC)COCc1ccc(C#N)cc1F. The molecule has 0 spiro atoms. The van der Waals surface area contributed by atoms with Gasteiger partial charge in [-0.2, -0.15) is 5.26 Å². The van der Waals surface area contributed by atoms with Crippen molar-refractivity contribution in [2.45, 2.75) is 46.1 Å². The van der Waals surface area contributed by atoms with E-state index in [9.17, 15) is 4.39 Å². The highest BCUT2D eigenvalue weighted by molar-refractivity contribution is 5.32. The average molecular weight is 263 g/mol. The minimum atomic E-state index is -0.361. The second-order valence-electron chi connectivity index (χ2n) is 4.85. The predicted molar refractivity (Wildman–Crippen MR) is 74.1 cm³/mol. The quantitative estimate of drug-likeness (QED) is 0.695. The van der Waals surface area contributed by atoms with Gasteiger partial charge < -0.3 is 4.74 Å². The Morgan fingerprint density at radius 3 is 2.74 bits per heavy atom. The molecule has 0 bridgehead atoms. The van der Waals surface area contributed by atoms with E-state index in [0.717, 1.165) is 6.42 Å². The zero-order valence-corrected chi connectivity index (χ0v) is 11.8. The molecule has 0 aromatic heterocycles. The summed E-state index contributed by atoms with van der Waals surface area (Å²) in [5, 5.41) is 8.67. The molecule has 104 valence electrons. The maximum Gasteiger partial charge on any atom is 0.130 e. The van der Waals surface area contributed by atoms with E-state index in [4.69, 9.17) is 10.00 Å². The van der Waals surface area contributed by atoms with Crippen LogP contribution in [0.15, 0.2) is 18.2 Å². The number of hydrogen-bond donors (Lipinski definition) is 0. The van der Waals surface area contributed by atoms with Crippen LogP contribution in [0.3, 0.4) is 0 Å². The minimum Gasteiger partial charge on any atom is -0.376 e. The monoisotopic (exact) mass is 263 g/mol. The summed E-state index contributed by atoms with van der Waals surface area (Å²) in [4.78, 5) is 0. The Labute approximate surface area is 115 Å². The van der Waals surface area contributed by atoms with Crippen molar-refractivity contribution in [2.24, 2.45) is 5.92 Å². The van der Waals surface area contributed by atoms with Gasteiger partial charge in [-0.1, -0.05) is 39.2 Å². The van der Waals surface area contributed by atoms with Gasteiger partial charge >= 0.3 is 0 Å². The molecule has 0 saturated heterocycles. The van der Waals surface area contributed by atoms with Gasteiger partial charge in [0, 0.05) is 12.2 Å². The Morgan fingerprint density at radius 1 is 1.37 bits per heavy atom. The van der Waals surface area contributed by atoms with Crippen molar-refractivity contribution in [2.75, 3.05) is 6.61 Å². The molecule has 0 aliphatic carbocycles. The van der Waals surface area contributed by atoms with Crippen molar-refractivity contribution >= 4 is 0 Å². The lowest BCUT2D eigenvalue weighted by molar-refractivity contribution is 0.0802. The average Bonchev–Trinajstić information content (AvgIpc) is 2.44. The van der Waals surface area contributed by atoms with Gasteiger partial charge in [0.2, 0.25) is 0 Å². The normalized spacial score (nSPS) is 12.1. The Kier molecular flexibility index (Phi) is 7.14. The van der Waals surface area contributed by atoms with Gasteiger partial charge in [-0.05, 0) is 24.5 Å². The molecule has 0 fully saturated rings. The Bertz CT molecular complexity index is 425. The third kappa shape index (κ3) is 5.40. The van der Waals surface area contributed by atoms with E-state index in [2.05, 4.69) is 13.8 Å². The highest BCUT2D eigenvalue weighted by atomic mass is 19.1. The van der Waals surface area contributed by atoms with E-state index < -0.39 is 0 Å². The molecular weight excluding hydrogens is 241 g/mol. The molecule has 1 atom stereocenters. The van der Waals surface area contributed by atoms with Crippen molar-refractivity contribution in [3.8, 4) is 6.07 Å². The van der Waals surface area contributed by atoms with Crippen molar-refractivity contribution < 1.29 is 9.13 Å². The van der Waals surface area contributed by atoms with Crippen LogP contribution in [0.5, 0.6) is 0 Å². The topological polar surface area (TPSA) is 33.0 Å². The highest BCUT2D eigenvalue weighted by Gasteiger charge is 2.08. The van der Waals surface area contributed by atoms with Crippen LogP contribution in [0, 0.1) is 23.1 Å². The van der Waals surface area contributed by atoms with Crippen molar-refractivity contribution in [3.05, 3.63) is 35.1 Å². The third-order valence-corrected chi connectivity index (χ3v) is 3.34. The molecule has 3 heteroatoms. The Balaban J connectivity index is 2.42. The first-order valence-corrected chi connectivity index (χ1v) is 6.97. The van der Waals surface area contributed by atoms with Crippen molar-refractivity contribution in [3.63, 3.8) is 0 Å². The summed E-state index contributed by atoms with van der Waals surface area (Å²) in [6.45, 7) is 5.29. The smallest absolute Gasteiger partial charge is 0.130 e. The number of rotatable bonds is 8. The molecule has 0 heterocycles. The first kappa shape index (κ1) is 15.7. The number of hydrogen-bond acceptors (Lipinski definition) is 2. The second kappa shape index (κ2) is 8.66. The largest absolute Gasteiger partial charge is 0.376 e. The maximum absolute atomic E-state index is 13.6. The summed E-state index contributed by atoms with van der Waals surface area (Å²) < 4.78 is 19.2. The first-order chi connectivity index (χ1) is 9.21.